The van der Waals surface area contributed by atoms with Crippen LogP contribution in [0.2, 0.25) is 0 Å². The van der Waals surface area contributed by atoms with E-state index < -0.39 is 13.6 Å². The fraction of sp³-hybridized carbons (Fsp3) is 0.333. The highest BCUT2D eigenvalue weighted by molar-refractivity contribution is 7.93. The number of halogens is 3. The number of sulfone groups is 1. The molecule has 0 spiro atoms. The highest BCUT2D eigenvalue weighted by atomic mass is 35.6. The van der Waals surface area contributed by atoms with Crippen molar-refractivity contribution in [1.82, 2.24) is 9.36 Å². The molecule has 0 aliphatic heterocycles. The van der Waals surface area contributed by atoms with E-state index in [1.54, 1.807) is 6.07 Å². The molecule has 0 N–H and O–H groups in total. The van der Waals surface area contributed by atoms with Gasteiger partial charge in [-0.25, -0.2) is 13.4 Å². The molecule has 0 amide bonds. The van der Waals surface area contributed by atoms with Gasteiger partial charge in [-0.3, -0.25) is 0 Å². The molecule has 4 nitrogen and oxygen atoms in total. The van der Waals surface area contributed by atoms with Crippen molar-refractivity contribution in [2.24, 2.45) is 0 Å². The molecule has 0 radical (unpaired) electrons. The Morgan fingerprint density at radius 1 is 1.32 bits per heavy atom. The summed E-state index contributed by atoms with van der Waals surface area (Å²) in [6.45, 7) is 1.81. The van der Waals surface area contributed by atoms with Gasteiger partial charge < -0.3 is 0 Å². The summed E-state index contributed by atoms with van der Waals surface area (Å²) in [6, 6.07) is 1.71. The van der Waals surface area contributed by atoms with Gasteiger partial charge in [-0.15, -0.1) is 11.3 Å². The Kier molecular flexibility index (Phi) is 4.17. The normalized spacial score (nSPS) is 12.9. The van der Waals surface area contributed by atoms with E-state index in [9.17, 15) is 8.42 Å². The first kappa shape index (κ1) is 15.5. The Bertz CT molecular complexity index is 715. The molecule has 0 saturated heterocycles. The van der Waals surface area contributed by atoms with Crippen LogP contribution in [0.4, 0.5) is 0 Å². The Morgan fingerprint density at radius 2 is 1.95 bits per heavy atom. The topological polar surface area (TPSA) is 59.9 Å². The summed E-state index contributed by atoms with van der Waals surface area (Å²) in [7, 11) is -3.34. The molecule has 10 heteroatoms. The summed E-state index contributed by atoms with van der Waals surface area (Å²) in [4.78, 5) is 4.94. The fourth-order valence-corrected chi connectivity index (χ4v) is 4.63. The maximum absolute atomic E-state index is 11.7. The van der Waals surface area contributed by atoms with Gasteiger partial charge in [0.1, 0.15) is 4.21 Å². The number of hydrogen-bond acceptors (Lipinski definition) is 6. The molecule has 0 fully saturated rings. The van der Waals surface area contributed by atoms with E-state index in [1.807, 2.05) is 6.92 Å². The molecule has 0 bridgehead atoms. The van der Waals surface area contributed by atoms with Gasteiger partial charge in [0.05, 0.1) is 5.56 Å². The van der Waals surface area contributed by atoms with E-state index in [4.69, 9.17) is 34.8 Å². The lowest BCUT2D eigenvalue weighted by atomic mass is 10.3. The number of alkyl halides is 3. The molecule has 0 atom stereocenters. The van der Waals surface area contributed by atoms with Gasteiger partial charge in [-0.1, -0.05) is 34.8 Å². The van der Waals surface area contributed by atoms with E-state index >= 15 is 0 Å². The van der Waals surface area contributed by atoms with Gasteiger partial charge in [-0.2, -0.15) is 4.37 Å². The summed E-state index contributed by atoms with van der Waals surface area (Å²) in [5.74, 6) is 0.260. The third-order valence-corrected chi connectivity index (χ3v) is 6.67. The second-order valence-electron chi connectivity index (χ2n) is 3.75. The monoisotopic (exact) mass is 376 g/mol. The lowest BCUT2D eigenvalue weighted by Crippen LogP contribution is -1.99. The van der Waals surface area contributed by atoms with Crippen LogP contribution < -0.4 is 0 Å². The Hall–Kier alpha value is 0.0800. The van der Waals surface area contributed by atoms with Crippen LogP contribution in [0.5, 0.6) is 0 Å². The van der Waals surface area contributed by atoms with Crippen molar-refractivity contribution >= 4 is 67.5 Å². The molecular formula is C9H7Cl3N2O2S3. The number of aromatic nitrogens is 2. The zero-order valence-corrected chi connectivity index (χ0v) is 14.4. The van der Waals surface area contributed by atoms with Crippen molar-refractivity contribution in [1.29, 1.82) is 0 Å². The summed E-state index contributed by atoms with van der Waals surface area (Å²) in [6.07, 6.45) is 1.14. The molecule has 2 rings (SSSR count). The van der Waals surface area contributed by atoms with Gasteiger partial charge in [0, 0.05) is 11.1 Å². The number of thiophene rings is 1. The number of hydrogen-bond donors (Lipinski definition) is 0. The van der Waals surface area contributed by atoms with Crippen molar-refractivity contribution in [2.75, 3.05) is 6.26 Å². The summed E-state index contributed by atoms with van der Waals surface area (Å²) in [5, 5.41) is 0.204. The molecule has 19 heavy (non-hydrogen) atoms. The van der Waals surface area contributed by atoms with Crippen LogP contribution in [-0.2, 0) is 13.6 Å². The first-order valence-electron chi connectivity index (χ1n) is 4.81. The molecule has 0 unspecified atom stereocenters. The molecule has 0 aliphatic carbocycles. The molecule has 2 heterocycles. The minimum atomic E-state index is -3.34. The summed E-state index contributed by atoms with van der Waals surface area (Å²) >= 11 is 19.3. The van der Waals surface area contributed by atoms with Gasteiger partial charge in [0.2, 0.25) is 3.79 Å². The van der Waals surface area contributed by atoms with Crippen molar-refractivity contribution < 1.29 is 8.42 Å². The zero-order chi connectivity index (χ0) is 14.4. The quantitative estimate of drug-likeness (QED) is 0.747. The van der Waals surface area contributed by atoms with E-state index in [0.717, 1.165) is 22.7 Å². The predicted octanol–water partition coefficient (Wildman–Crippen LogP) is 3.81. The van der Waals surface area contributed by atoms with Crippen molar-refractivity contribution in [2.45, 2.75) is 14.9 Å². The summed E-state index contributed by atoms with van der Waals surface area (Å²) in [5.41, 5.74) is 0.446. The van der Waals surface area contributed by atoms with Crippen LogP contribution in [0.3, 0.4) is 0 Å². The maximum Gasteiger partial charge on any atom is 0.243 e. The smallest absolute Gasteiger partial charge is 0.223 e. The number of rotatable bonds is 2. The third kappa shape index (κ3) is 3.40. The zero-order valence-electron chi connectivity index (χ0n) is 9.65. The summed E-state index contributed by atoms with van der Waals surface area (Å²) < 4.78 is 26.1. The van der Waals surface area contributed by atoms with Crippen LogP contribution in [0, 0.1) is 6.92 Å². The average molecular weight is 378 g/mol. The van der Waals surface area contributed by atoms with Crippen molar-refractivity contribution in [3.63, 3.8) is 0 Å². The second-order valence-corrected chi connectivity index (χ2v) is 10.3. The molecule has 0 aliphatic rings. The average Bonchev–Trinajstić information content (AvgIpc) is 2.79. The maximum atomic E-state index is 11.7. The third-order valence-electron chi connectivity index (χ3n) is 2.07. The predicted molar refractivity (Wildman–Crippen MR) is 80.3 cm³/mol. The van der Waals surface area contributed by atoms with Gasteiger partial charge in [0.25, 0.3) is 0 Å². The van der Waals surface area contributed by atoms with Gasteiger partial charge in [-0.05, 0) is 24.5 Å². The van der Waals surface area contributed by atoms with Crippen molar-refractivity contribution in [3.05, 3.63) is 16.0 Å². The van der Waals surface area contributed by atoms with E-state index in [0.29, 0.717) is 5.56 Å². The van der Waals surface area contributed by atoms with Gasteiger partial charge in [0.15, 0.2) is 20.7 Å². The van der Waals surface area contributed by atoms with Crippen LogP contribution in [-0.4, -0.2) is 24.0 Å². The number of nitrogens with zero attached hydrogens (tertiary/aromatic N) is 2. The molecular weight excluding hydrogens is 371 g/mol. The van der Waals surface area contributed by atoms with Gasteiger partial charge >= 0.3 is 0 Å². The molecule has 0 aromatic carbocycles. The largest absolute Gasteiger partial charge is 0.243 e. The lowest BCUT2D eigenvalue weighted by Gasteiger charge is -2.03. The Morgan fingerprint density at radius 3 is 2.42 bits per heavy atom. The highest BCUT2D eigenvalue weighted by Gasteiger charge is 2.29. The SMILES string of the molecule is Cc1cc(-c2nsc(C(Cl)(Cl)Cl)n2)c(S(C)(=O)=O)s1. The van der Waals surface area contributed by atoms with E-state index in [2.05, 4.69) is 9.36 Å². The fourth-order valence-electron chi connectivity index (χ4n) is 1.37. The lowest BCUT2D eigenvalue weighted by molar-refractivity contribution is 0.604. The van der Waals surface area contributed by atoms with E-state index in [1.165, 1.54) is 11.3 Å². The molecule has 2 aromatic heterocycles. The first-order valence-corrected chi connectivity index (χ1v) is 9.42. The Labute approximate surface area is 133 Å². The second kappa shape index (κ2) is 5.13. The van der Waals surface area contributed by atoms with Crippen molar-refractivity contribution in [3.8, 4) is 11.4 Å². The van der Waals surface area contributed by atoms with E-state index in [-0.39, 0.29) is 15.0 Å². The van der Waals surface area contributed by atoms with Crippen LogP contribution >= 0.6 is 57.7 Å². The highest BCUT2D eigenvalue weighted by Crippen LogP contribution is 2.41. The minimum Gasteiger partial charge on any atom is -0.223 e. The van der Waals surface area contributed by atoms with Crippen LogP contribution in [0.15, 0.2) is 10.3 Å². The van der Waals surface area contributed by atoms with Crippen LogP contribution in [0.1, 0.15) is 9.88 Å². The molecule has 104 valence electrons. The molecule has 0 saturated carbocycles. The standard InChI is InChI=1S/C9H7Cl3N2O2S3/c1-4-3-5(7(17-4)19(2,15)16)6-13-8(18-14-6)9(10,11)12/h3H,1-2H3. The Balaban J connectivity index is 2.57. The molecule has 2 aromatic rings. The number of aryl methyl sites for hydroxylation is 1. The minimum absolute atomic E-state index is 0.204. The van der Waals surface area contributed by atoms with Crippen LogP contribution in [0.25, 0.3) is 11.4 Å². The first-order chi connectivity index (χ1) is 8.59.